The van der Waals surface area contributed by atoms with Gasteiger partial charge in [-0.05, 0) is 53.4 Å². The second-order valence-electron chi connectivity index (χ2n) is 4.74. The average molecular weight is 313 g/mol. The van der Waals surface area contributed by atoms with E-state index in [0.29, 0.717) is 6.54 Å². The molecule has 0 aliphatic heterocycles. The topological polar surface area (TPSA) is 35.5 Å². The summed E-state index contributed by atoms with van der Waals surface area (Å²) in [6.45, 7) is 4.80. The number of nitrogens with one attached hydrogen (secondary N) is 1. The standard InChI is InChI=1S/C14H21BrN2O/c1-2-17(7-8-18)14-6-3-11(9-13(14)15)10-16-12-4-5-12/h3,6,9,12,16,18H,2,4-5,7-8,10H2,1H3. The van der Waals surface area contributed by atoms with Crippen LogP contribution >= 0.6 is 15.9 Å². The van der Waals surface area contributed by atoms with Crippen LogP contribution in [0.5, 0.6) is 0 Å². The van der Waals surface area contributed by atoms with Crippen molar-refractivity contribution in [2.45, 2.75) is 32.4 Å². The Kier molecular flexibility index (Phi) is 5.03. The van der Waals surface area contributed by atoms with Crippen molar-refractivity contribution in [1.29, 1.82) is 0 Å². The molecule has 1 aromatic carbocycles. The van der Waals surface area contributed by atoms with E-state index in [0.717, 1.165) is 29.3 Å². The van der Waals surface area contributed by atoms with E-state index in [2.05, 4.69) is 51.3 Å². The third-order valence-electron chi connectivity index (χ3n) is 3.28. The molecule has 0 saturated heterocycles. The van der Waals surface area contributed by atoms with Gasteiger partial charge >= 0.3 is 0 Å². The fraction of sp³-hybridized carbons (Fsp3) is 0.571. The van der Waals surface area contributed by atoms with Gasteiger partial charge in [-0.3, -0.25) is 0 Å². The quantitative estimate of drug-likeness (QED) is 0.812. The molecule has 0 amide bonds. The fourth-order valence-corrected chi connectivity index (χ4v) is 2.71. The first kappa shape index (κ1) is 13.8. The Morgan fingerprint density at radius 2 is 2.22 bits per heavy atom. The molecule has 1 aliphatic rings. The lowest BCUT2D eigenvalue weighted by molar-refractivity contribution is 0.302. The molecule has 1 fully saturated rings. The first-order valence-corrected chi connectivity index (χ1v) is 7.41. The summed E-state index contributed by atoms with van der Waals surface area (Å²) in [5.41, 5.74) is 2.46. The smallest absolute Gasteiger partial charge is 0.0606 e. The van der Waals surface area contributed by atoms with Crippen molar-refractivity contribution in [3.05, 3.63) is 28.2 Å². The maximum absolute atomic E-state index is 9.06. The number of nitrogens with zero attached hydrogens (tertiary/aromatic N) is 1. The Morgan fingerprint density at radius 3 is 2.78 bits per heavy atom. The van der Waals surface area contributed by atoms with Crippen LogP contribution < -0.4 is 10.2 Å². The van der Waals surface area contributed by atoms with E-state index in [1.807, 2.05) is 0 Å². The Bertz CT molecular complexity index is 393. The minimum absolute atomic E-state index is 0.186. The fourth-order valence-electron chi connectivity index (χ4n) is 2.04. The summed E-state index contributed by atoms with van der Waals surface area (Å²) in [5, 5.41) is 12.6. The summed E-state index contributed by atoms with van der Waals surface area (Å²) in [4.78, 5) is 2.17. The number of benzene rings is 1. The van der Waals surface area contributed by atoms with Gasteiger partial charge in [0.25, 0.3) is 0 Å². The third-order valence-corrected chi connectivity index (χ3v) is 3.91. The highest BCUT2D eigenvalue weighted by atomic mass is 79.9. The van der Waals surface area contributed by atoms with Gasteiger partial charge in [0, 0.05) is 30.1 Å². The van der Waals surface area contributed by atoms with Gasteiger partial charge in [0.2, 0.25) is 0 Å². The van der Waals surface area contributed by atoms with Gasteiger partial charge in [-0.1, -0.05) is 6.07 Å². The normalized spacial score (nSPS) is 14.8. The summed E-state index contributed by atoms with van der Waals surface area (Å²) in [7, 11) is 0. The molecule has 18 heavy (non-hydrogen) atoms. The molecule has 0 heterocycles. The van der Waals surface area contributed by atoms with Crippen LogP contribution in [0.4, 0.5) is 5.69 Å². The minimum Gasteiger partial charge on any atom is -0.395 e. The number of anilines is 1. The van der Waals surface area contributed by atoms with Gasteiger partial charge in [-0.15, -0.1) is 0 Å². The molecule has 0 unspecified atom stereocenters. The maximum atomic E-state index is 9.06. The summed E-state index contributed by atoms with van der Waals surface area (Å²) in [5.74, 6) is 0. The zero-order valence-corrected chi connectivity index (χ0v) is 12.4. The Labute approximate surface area is 117 Å². The van der Waals surface area contributed by atoms with E-state index in [9.17, 15) is 0 Å². The van der Waals surface area contributed by atoms with Crippen molar-refractivity contribution in [1.82, 2.24) is 5.32 Å². The first-order valence-electron chi connectivity index (χ1n) is 6.62. The molecule has 0 atom stereocenters. The molecular weight excluding hydrogens is 292 g/mol. The van der Waals surface area contributed by atoms with E-state index in [4.69, 9.17) is 5.11 Å². The van der Waals surface area contributed by atoms with Gasteiger partial charge < -0.3 is 15.3 Å². The Morgan fingerprint density at radius 1 is 1.44 bits per heavy atom. The average Bonchev–Trinajstić information content (AvgIpc) is 3.18. The molecule has 0 aromatic heterocycles. The summed E-state index contributed by atoms with van der Waals surface area (Å²) >= 11 is 3.63. The van der Waals surface area contributed by atoms with Crippen molar-refractivity contribution in [2.24, 2.45) is 0 Å². The highest BCUT2D eigenvalue weighted by molar-refractivity contribution is 9.10. The van der Waals surface area contributed by atoms with Crippen LogP contribution in [0.25, 0.3) is 0 Å². The maximum Gasteiger partial charge on any atom is 0.0606 e. The molecule has 1 aliphatic carbocycles. The van der Waals surface area contributed by atoms with Crippen molar-refractivity contribution in [3.8, 4) is 0 Å². The second-order valence-corrected chi connectivity index (χ2v) is 5.60. The summed E-state index contributed by atoms with van der Waals surface area (Å²) < 4.78 is 1.10. The van der Waals surface area contributed by atoms with Crippen LogP contribution in [0.15, 0.2) is 22.7 Å². The zero-order chi connectivity index (χ0) is 13.0. The predicted molar refractivity (Wildman–Crippen MR) is 79.0 cm³/mol. The van der Waals surface area contributed by atoms with Gasteiger partial charge in [0.15, 0.2) is 0 Å². The number of hydrogen-bond acceptors (Lipinski definition) is 3. The van der Waals surface area contributed by atoms with E-state index in [1.165, 1.54) is 18.4 Å². The molecule has 2 rings (SSSR count). The number of halogens is 1. The molecule has 0 spiro atoms. The second kappa shape index (κ2) is 6.55. The lowest BCUT2D eigenvalue weighted by Crippen LogP contribution is -2.26. The number of aliphatic hydroxyl groups is 1. The Balaban J connectivity index is 2.02. The SMILES string of the molecule is CCN(CCO)c1ccc(CNC2CC2)cc1Br. The number of rotatable bonds is 7. The third kappa shape index (κ3) is 3.70. The Hall–Kier alpha value is -0.580. The van der Waals surface area contributed by atoms with Crippen LogP contribution in [0, 0.1) is 0 Å². The number of aliphatic hydroxyl groups excluding tert-OH is 1. The molecule has 1 saturated carbocycles. The van der Waals surface area contributed by atoms with Crippen molar-refractivity contribution >= 4 is 21.6 Å². The van der Waals surface area contributed by atoms with Crippen molar-refractivity contribution < 1.29 is 5.11 Å². The molecular formula is C14H21BrN2O. The van der Waals surface area contributed by atoms with Crippen LogP contribution in [-0.4, -0.2) is 30.8 Å². The summed E-state index contributed by atoms with van der Waals surface area (Å²) in [6, 6.07) is 7.21. The lowest BCUT2D eigenvalue weighted by atomic mass is 10.2. The molecule has 1 aromatic rings. The molecule has 100 valence electrons. The van der Waals surface area contributed by atoms with Crippen molar-refractivity contribution in [2.75, 3.05) is 24.6 Å². The van der Waals surface area contributed by atoms with E-state index < -0.39 is 0 Å². The first-order chi connectivity index (χ1) is 8.74. The van der Waals surface area contributed by atoms with Crippen LogP contribution in [0.1, 0.15) is 25.3 Å². The van der Waals surface area contributed by atoms with E-state index >= 15 is 0 Å². The van der Waals surface area contributed by atoms with E-state index in [1.54, 1.807) is 0 Å². The highest BCUT2D eigenvalue weighted by Gasteiger charge is 2.20. The van der Waals surface area contributed by atoms with Crippen LogP contribution in [0.3, 0.4) is 0 Å². The highest BCUT2D eigenvalue weighted by Crippen LogP contribution is 2.27. The predicted octanol–water partition coefficient (Wildman–Crippen LogP) is 2.52. The molecule has 4 heteroatoms. The monoisotopic (exact) mass is 312 g/mol. The van der Waals surface area contributed by atoms with Crippen molar-refractivity contribution in [3.63, 3.8) is 0 Å². The van der Waals surface area contributed by atoms with Gasteiger partial charge in [0.1, 0.15) is 0 Å². The van der Waals surface area contributed by atoms with E-state index in [-0.39, 0.29) is 6.61 Å². The van der Waals surface area contributed by atoms with Gasteiger partial charge in [0.05, 0.1) is 12.3 Å². The molecule has 2 N–H and O–H groups in total. The largest absolute Gasteiger partial charge is 0.395 e. The van der Waals surface area contributed by atoms with Gasteiger partial charge in [-0.2, -0.15) is 0 Å². The molecule has 0 bridgehead atoms. The summed E-state index contributed by atoms with van der Waals surface area (Å²) in [6.07, 6.45) is 2.64. The molecule has 3 nitrogen and oxygen atoms in total. The number of likely N-dealkylation sites (N-methyl/N-ethyl adjacent to an activating group) is 1. The number of hydrogen-bond donors (Lipinski definition) is 2. The van der Waals surface area contributed by atoms with Crippen LogP contribution in [-0.2, 0) is 6.54 Å². The zero-order valence-electron chi connectivity index (χ0n) is 10.8. The minimum atomic E-state index is 0.186. The van der Waals surface area contributed by atoms with Crippen LogP contribution in [0.2, 0.25) is 0 Å². The molecule has 0 radical (unpaired) electrons. The lowest BCUT2D eigenvalue weighted by Gasteiger charge is -2.23. The van der Waals surface area contributed by atoms with Gasteiger partial charge in [-0.25, -0.2) is 0 Å².